The molecule has 2 aromatic rings. The molecule has 0 atom stereocenters. The molecule has 4 nitrogen and oxygen atoms in total. The largest absolute Gasteiger partial charge is 0.417 e. The third-order valence-corrected chi connectivity index (χ3v) is 2.24. The van der Waals surface area contributed by atoms with Crippen molar-refractivity contribution in [3.8, 4) is 0 Å². The summed E-state index contributed by atoms with van der Waals surface area (Å²) in [7, 11) is 1.45. The minimum atomic E-state index is -2.99. The van der Waals surface area contributed by atoms with Crippen LogP contribution in [0.4, 0.5) is 8.78 Å². The molecule has 0 unspecified atom stereocenters. The molecule has 86 valence electrons. The second-order valence-corrected chi connectivity index (χ2v) is 3.46. The van der Waals surface area contributed by atoms with Gasteiger partial charge in [0.1, 0.15) is 0 Å². The fourth-order valence-electron chi connectivity index (χ4n) is 1.50. The second-order valence-electron chi connectivity index (χ2n) is 3.46. The molecular formula is C10H10F2N2O2. The molecule has 16 heavy (non-hydrogen) atoms. The number of hydrogen-bond acceptors (Lipinski definition) is 3. The molecule has 0 aliphatic carbocycles. The van der Waals surface area contributed by atoms with Gasteiger partial charge in [-0.05, 0) is 19.2 Å². The Bertz CT molecular complexity index is 559. The molecule has 0 spiro atoms. The van der Waals surface area contributed by atoms with Crippen LogP contribution in [-0.2, 0) is 5.92 Å². The summed E-state index contributed by atoms with van der Waals surface area (Å²) >= 11 is 0. The lowest BCUT2D eigenvalue weighted by Gasteiger charge is -2.15. The normalized spacial score (nSPS) is 12.2. The highest BCUT2D eigenvalue weighted by Gasteiger charge is 2.30. The molecule has 2 N–H and O–H groups in total. The van der Waals surface area contributed by atoms with E-state index in [1.807, 2.05) is 0 Å². The van der Waals surface area contributed by atoms with E-state index in [1.165, 1.54) is 25.2 Å². The van der Waals surface area contributed by atoms with E-state index in [9.17, 15) is 13.6 Å². The molecule has 0 radical (unpaired) electrons. The number of aromatic nitrogens is 1. The lowest BCUT2D eigenvalue weighted by atomic mass is 10.1. The SMILES string of the molecule is CNCC(F)(F)c1ccc2[nH]c(=O)oc2c1. The van der Waals surface area contributed by atoms with Gasteiger partial charge in [-0.15, -0.1) is 0 Å². The highest BCUT2D eigenvalue weighted by molar-refractivity contribution is 5.73. The molecule has 0 aliphatic rings. The van der Waals surface area contributed by atoms with Crippen molar-refractivity contribution in [2.45, 2.75) is 5.92 Å². The minimum Gasteiger partial charge on any atom is -0.408 e. The van der Waals surface area contributed by atoms with Gasteiger partial charge in [-0.1, -0.05) is 6.07 Å². The van der Waals surface area contributed by atoms with E-state index in [1.54, 1.807) is 0 Å². The van der Waals surface area contributed by atoms with Crippen LogP contribution in [0.1, 0.15) is 5.56 Å². The molecular weight excluding hydrogens is 218 g/mol. The van der Waals surface area contributed by atoms with Gasteiger partial charge in [0, 0.05) is 5.56 Å². The molecule has 0 fully saturated rings. The minimum absolute atomic E-state index is 0.137. The van der Waals surface area contributed by atoms with E-state index in [0.29, 0.717) is 5.52 Å². The first-order valence-electron chi connectivity index (χ1n) is 4.69. The van der Waals surface area contributed by atoms with Crippen molar-refractivity contribution in [2.75, 3.05) is 13.6 Å². The number of aromatic amines is 1. The zero-order valence-corrected chi connectivity index (χ0v) is 8.51. The van der Waals surface area contributed by atoms with Crippen LogP contribution in [0.2, 0.25) is 0 Å². The summed E-state index contributed by atoms with van der Waals surface area (Å²) in [6.07, 6.45) is 0. The van der Waals surface area contributed by atoms with Crippen molar-refractivity contribution in [3.63, 3.8) is 0 Å². The molecule has 1 aromatic heterocycles. The quantitative estimate of drug-likeness (QED) is 0.835. The Morgan fingerprint density at radius 1 is 1.50 bits per heavy atom. The summed E-state index contributed by atoms with van der Waals surface area (Å²) in [6.45, 7) is -0.465. The van der Waals surface area contributed by atoms with Gasteiger partial charge in [-0.25, -0.2) is 4.79 Å². The van der Waals surface area contributed by atoms with Crippen molar-refractivity contribution in [3.05, 3.63) is 34.3 Å². The van der Waals surface area contributed by atoms with Gasteiger partial charge in [0.05, 0.1) is 12.1 Å². The van der Waals surface area contributed by atoms with Gasteiger partial charge in [0.25, 0.3) is 5.92 Å². The Hall–Kier alpha value is -1.69. The smallest absolute Gasteiger partial charge is 0.408 e. The van der Waals surface area contributed by atoms with Crippen LogP contribution in [-0.4, -0.2) is 18.6 Å². The summed E-state index contributed by atoms with van der Waals surface area (Å²) in [4.78, 5) is 13.2. The third-order valence-electron chi connectivity index (χ3n) is 2.24. The summed E-state index contributed by atoms with van der Waals surface area (Å²) in [6, 6.07) is 3.84. The molecule has 0 bridgehead atoms. The lowest BCUT2D eigenvalue weighted by molar-refractivity contribution is -0.00119. The highest BCUT2D eigenvalue weighted by Crippen LogP contribution is 2.28. The van der Waals surface area contributed by atoms with E-state index in [0.717, 1.165) is 0 Å². The number of likely N-dealkylation sites (N-methyl/N-ethyl adjacent to an activating group) is 1. The number of oxazole rings is 1. The number of rotatable bonds is 3. The first-order chi connectivity index (χ1) is 7.53. The highest BCUT2D eigenvalue weighted by atomic mass is 19.3. The average molecular weight is 228 g/mol. The molecule has 2 rings (SSSR count). The number of benzene rings is 1. The van der Waals surface area contributed by atoms with Crippen molar-refractivity contribution >= 4 is 11.1 Å². The Morgan fingerprint density at radius 2 is 2.25 bits per heavy atom. The molecule has 0 aliphatic heterocycles. The van der Waals surface area contributed by atoms with Gasteiger partial charge in [-0.2, -0.15) is 8.78 Å². The maximum atomic E-state index is 13.5. The van der Waals surface area contributed by atoms with Gasteiger partial charge in [-0.3, -0.25) is 4.98 Å². The van der Waals surface area contributed by atoms with Crippen molar-refractivity contribution in [1.82, 2.24) is 10.3 Å². The number of hydrogen-bond donors (Lipinski definition) is 2. The predicted octanol–water partition coefficient (Wildman–Crippen LogP) is 1.43. The molecule has 6 heteroatoms. The molecule has 0 saturated carbocycles. The Kier molecular flexibility index (Phi) is 2.51. The molecule has 1 heterocycles. The van der Waals surface area contributed by atoms with E-state index in [2.05, 4.69) is 10.3 Å². The number of H-pyrrole nitrogens is 1. The first-order valence-corrected chi connectivity index (χ1v) is 4.69. The van der Waals surface area contributed by atoms with Crippen molar-refractivity contribution in [2.24, 2.45) is 0 Å². The van der Waals surface area contributed by atoms with E-state index in [-0.39, 0.29) is 11.1 Å². The average Bonchev–Trinajstić information content (AvgIpc) is 2.56. The Balaban J connectivity index is 2.49. The maximum Gasteiger partial charge on any atom is 0.417 e. The fourth-order valence-corrected chi connectivity index (χ4v) is 1.50. The third kappa shape index (κ3) is 1.83. The van der Waals surface area contributed by atoms with Crippen LogP contribution in [0.5, 0.6) is 0 Å². The molecule has 0 amide bonds. The van der Waals surface area contributed by atoms with Crippen LogP contribution < -0.4 is 11.1 Å². The maximum absolute atomic E-state index is 13.5. The zero-order valence-electron chi connectivity index (χ0n) is 8.51. The number of alkyl halides is 2. The first kappa shape index (κ1) is 10.8. The summed E-state index contributed by atoms with van der Waals surface area (Å²) in [5.41, 5.74) is 0.365. The van der Waals surface area contributed by atoms with Gasteiger partial charge in [0.15, 0.2) is 5.58 Å². The lowest BCUT2D eigenvalue weighted by Crippen LogP contribution is -2.27. The number of fused-ring (bicyclic) bond motifs is 1. The van der Waals surface area contributed by atoms with Crippen LogP contribution in [0.25, 0.3) is 11.1 Å². The van der Waals surface area contributed by atoms with Crippen molar-refractivity contribution in [1.29, 1.82) is 0 Å². The topological polar surface area (TPSA) is 58.0 Å². The Labute approximate surface area is 89.3 Å². The fraction of sp³-hybridized carbons (Fsp3) is 0.300. The standard InChI is InChI=1S/C10H10F2N2O2/c1-13-5-10(11,12)6-2-3-7-8(4-6)16-9(15)14-7/h2-4,13H,5H2,1H3,(H,14,15). The monoisotopic (exact) mass is 228 g/mol. The van der Waals surface area contributed by atoms with Crippen LogP contribution in [0.3, 0.4) is 0 Å². The summed E-state index contributed by atoms with van der Waals surface area (Å²) in [5.74, 6) is -3.64. The van der Waals surface area contributed by atoms with E-state index in [4.69, 9.17) is 4.42 Å². The second kappa shape index (κ2) is 3.71. The molecule has 0 saturated heterocycles. The predicted molar refractivity (Wildman–Crippen MR) is 54.7 cm³/mol. The summed E-state index contributed by atoms with van der Waals surface area (Å²) < 4.78 is 31.7. The van der Waals surface area contributed by atoms with Crippen LogP contribution in [0, 0.1) is 0 Å². The number of halogens is 2. The van der Waals surface area contributed by atoms with Crippen LogP contribution >= 0.6 is 0 Å². The van der Waals surface area contributed by atoms with Crippen LogP contribution in [0.15, 0.2) is 27.4 Å². The number of nitrogens with one attached hydrogen (secondary N) is 2. The van der Waals surface area contributed by atoms with Gasteiger partial charge >= 0.3 is 5.76 Å². The molecule has 1 aromatic carbocycles. The van der Waals surface area contributed by atoms with E-state index < -0.39 is 18.2 Å². The van der Waals surface area contributed by atoms with Crippen molar-refractivity contribution < 1.29 is 13.2 Å². The zero-order chi connectivity index (χ0) is 11.8. The summed E-state index contributed by atoms with van der Waals surface area (Å²) in [5, 5.41) is 2.41. The Morgan fingerprint density at radius 3 is 2.94 bits per heavy atom. The van der Waals surface area contributed by atoms with E-state index >= 15 is 0 Å². The van der Waals surface area contributed by atoms with Gasteiger partial charge in [0.2, 0.25) is 0 Å². The van der Waals surface area contributed by atoms with Gasteiger partial charge < -0.3 is 9.73 Å².